The second-order valence-electron chi connectivity index (χ2n) is 9.91. The van der Waals surface area contributed by atoms with Gasteiger partial charge in [-0.05, 0) is 53.8 Å². The van der Waals surface area contributed by atoms with Gasteiger partial charge < -0.3 is 20.5 Å². The van der Waals surface area contributed by atoms with Gasteiger partial charge in [0.25, 0.3) is 5.91 Å². The summed E-state index contributed by atoms with van der Waals surface area (Å²) in [5, 5.41) is 17.4. The zero-order valence-electron chi connectivity index (χ0n) is 21.0. The number of nitrogens with zero attached hydrogens (tertiary/aromatic N) is 2. The second kappa shape index (κ2) is 9.37. The lowest BCUT2D eigenvalue weighted by Gasteiger charge is -2.31. The number of fused-ring (bicyclic) bond motifs is 3. The average molecular weight is 509 g/mol. The summed E-state index contributed by atoms with van der Waals surface area (Å²) < 4.78 is 5.64. The van der Waals surface area contributed by atoms with Crippen molar-refractivity contribution in [3.63, 3.8) is 0 Å². The van der Waals surface area contributed by atoms with E-state index in [1.165, 1.54) is 0 Å². The van der Waals surface area contributed by atoms with Crippen LogP contribution in [0.3, 0.4) is 0 Å². The van der Waals surface area contributed by atoms with E-state index < -0.39 is 0 Å². The number of phenolic OH excluding ortho intramolecular Hbond substituents is 1. The molecule has 1 aliphatic carbocycles. The van der Waals surface area contributed by atoms with Gasteiger partial charge in [-0.3, -0.25) is 14.7 Å². The highest BCUT2D eigenvalue weighted by Gasteiger charge is 2.31. The molecule has 1 fully saturated rings. The monoisotopic (exact) mass is 508 g/mol. The van der Waals surface area contributed by atoms with Gasteiger partial charge >= 0.3 is 0 Å². The smallest absolute Gasteiger partial charge is 0.257 e. The summed E-state index contributed by atoms with van der Waals surface area (Å²) in [5.41, 5.74) is 14.0. The lowest BCUT2D eigenvalue weighted by Crippen LogP contribution is -2.41. The Labute approximate surface area is 220 Å². The van der Waals surface area contributed by atoms with E-state index in [9.17, 15) is 14.7 Å². The highest BCUT2D eigenvalue weighted by atomic mass is 16.5. The molecule has 4 N–H and O–H groups in total. The topological polar surface area (TPSA) is 122 Å². The predicted molar refractivity (Wildman–Crippen MR) is 144 cm³/mol. The molecule has 0 unspecified atom stereocenters. The molecule has 38 heavy (non-hydrogen) atoms. The van der Waals surface area contributed by atoms with E-state index in [1.807, 2.05) is 48.5 Å². The van der Waals surface area contributed by atoms with E-state index in [1.54, 1.807) is 24.1 Å². The molecule has 0 saturated carbocycles. The molecule has 192 valence electrons. The molecule has 2 aliphatic rings. The minimum absolute atomic E-state index is 0.0914. The molecule has 4 aromatic rings. The number of hydrogen-bond donors (Lipinski definition) is 3. The maximum Gasteiger partial charge on any atom is 0.257 e. The minimum atomic E-state index is -0.298. The fourth-order valence-corrected chi connectivity index (χ4v) is 5.54. The SMILES string of the molecule is COc1cc2c(cc1C(=O)N1CCC(C(N)=O)CC1)Cc1c(-c3ccc(-c4ccc(O)cc4)cc3)n[nH]c1-2. The molecular weight excluding hydrogens is 480 g/mol. The number of primary amides is 1. The number of carbonyl (C=O) groups excluding carboxylic acids is 2. The highest BCUT2D eigenvalue weighted by molar-refractivity contribution is 5.99. The fraction of sp³-hybridized carbons (Fsp3) is 0.233. The number of benzene rings is 3. The highest BCUT2D eigenvalue weighted by Crippen LogP contribution is 2.43. The molecule has 0 bridgehead atoms. The van der Waals surface area contributed by atoms with Crippen molar-refractivity contribution in [1.82, 2.24) is 15.1 Å². The van der Waals surface area contributed by atoms with Crippen LogP contribution < -0.4 is 10.5 Å². The number of methoxy groups -OCH3 is 1. The first-order valence-electron chi connectivity index (χ1n) is 12.7. The van der Waals surface area contributed by atoms with E-state index in [4.69, 9.17) is 10.5 Å². The zero-order chi connectivity index (χ0) is 26.4. The van der Waals surface area contributed by atoms with Crippen LogP contribution >= 0.6 is 0 Å². The summed E-state index contributed by atoms with van der Waals surface area (Å²) in [4.78, 5) is 26.7. The van der Waals surface area contributed by atoms with Crippen molar-refractivity contribution < 1.29 is 19.4 Å². The van der Waals surface area contributed by atoms with Crippen molar-refractivity contribution in [2.75, 3.05) is 20.2 Å². The van der Waals surface area contributed by atoms with Gasteiger partial charge in [0.1, 0.15) is 11.5 Å². The quantitative estimate of drug-likeness (QED) is 0.326. The van der Waals surface area contributed by atoms with E-state index in [-0.39, 0.29) is 23.5 Å². The summed E-state index contributed by atoms with van der Waals surface area (Å²) in [5.74, 6) is 0.199. The molecule has 1 aliphatic heterocycles. The van der Waals surface area contributed by atoms with Crippen molar-refractivity contribution in [1.29, 1.82) is 0 Å². The molecule has 3 aromatic carbocycles. The van der Waals surface area contributed by atoms with Crippen LogP contribution in [-0.4, -0.2) is 52.2 Å². The molecule has 8 nitrogen and oxygen atoms in total. The van der Waals surface area contributed by atoms with Crippen LogP contribution in [0, 0.1) is 5.92 Å². The van der Waals surface area contributed by atoms with Crippen LogP contribution in [0.25, 0.3) is 33.6 Å². The van der Waals surface area contributed by atoms with Crippen molar-refractivity contribution in [3.8, 4) is 45.1 Å². The van der Waals surface area contributed by atoms with Gasteiger partial charge in [0.05, 0.1) is 24.1 Å². The van der Waals surface area contributed by atoms with Crippen LogP contribution in [0.4, 0.5) is 0 Å². The molecule has 2 amide bonds. The number of carbonyl (C=O) groups is 2. The Balaban J connectivity index is 1.26. The molecule has 0 atom stereocenters. The van der Waals surface area contributed by atoms with Crippen molar-refractivity contribution >= 4 is 11.8 Å². The summed E-state index contributed by atoms with van der Waals surface area (Å²) >= 11 is 0. The first-order chi connectivity index (χ1) is 18.4. The van der Waals surface area contributed by atoms with Gasteiger partial charge in [0, 0.05) is 42.1 Å². The van der Waals surface area contributed by atoms with Gasteiger partial charge in [-0.2, -0.15) is 5.10 Å². The number of aromatic amines is 1. The van der Waals surface area contributed by atoms with Crippen molar-refractivity contribution in [2.45, 2.75) is 19.3 Å². The van der Waals surface area contributed by atoms with Gasteiger partial charge in [-0.25, -0.2) is 0 Å². The third kappa shape index (κ3) is 4.08. The van der Waals surface area contributed by atoms with Crippen LogP contribution in [0.15, 0.2) is 60.7 Å². The van der Waals surface area contributed by atoms with Crippen molar-refractivity contribution in [3.05, 3.63) is 77.4 Å². The molecule has 0 radical (unpaired) electrons. The molecule has 1 saturated heterocycles. The summed E-state index contributed by atoms with van der Waals surface area (Å²) in [7, 11) is 1.57. The normalized spacial score (nSPS) is 14.7. The fourth-order valence-electron chi connectivity index (χ4n) is 5.54. The number of amides is 2. The Morgan fingerprint density at radius 2 is 1.63 bits per heavy atom. The van der Waals surface area contributed by atoms with E-state index in [0.29, 0.717) is 43.7 Å². The molecule has 2 heterocycles. The second-order valence-corrected chi connectivity index (χ2v) is 9.91. The number of phenols is 1. The molecule has 6 rings (SSSR count). The Kier molecular flexibility index (Phi) is 5.87. The number of ether oxygens (including phenoxy) is 1. The number of aromatic hydroxyl groups is 1. The third-order valence-corrected chi connectivity index (χ3v) is 7.70. The maximum absolute atomic E-state index is 13.4. The first-order valence-corrected chi connectivity index (χ1v) is 12.7. The van der Waals surface area contributed by atoms with E-state index in [0.717, 1.165) is 44.8 Å². The number of nitrogens with one attached hydrogen (secondary N) is 1. The molecule has 0 spiro atoms. The van der Waals surface area contributed by atoms with Gasteiger partial charge in [-0.1, -0.05) is 36.4 Å². The Morgan fingerprint density at radius 1 is 1.00 bits per heavy atom. The van der Waals surface area contributed by atoms with Crippen LogP contribution in [-0.2, 0) is 11.2 Å². The van der Waals surface area contributed by atoms with Crippen LogP contribution in [0.2, 0.25) is 0 Å². The number of hydrogen-bond acceptors (Lipinski definition) is 5. The first kappa shape index (κ1) is 23.8. The molecule has 8 heteroatoms. The summed E-state index contributed by atoms with van der Waals surface area (Å²) in [6, 6.07) is 19.2. The Morgan fingerprint density at radius 3 is 2.26 bits per heavy atom. The lowest BCUT2D eigenvalue weighted by molar-refractivity contribution is -0.123. The van der Waals surface area contributed by atoms with E-state index >= 15 is 0 Å². The standard InChI is InChI=1S/C30H28N4O4/c1-38-26-16-23-21(14-24(26)30(37)34-12-10-20(11-13-34)29(31)36)15-25-27(32-33-28(23)25)19-4-2-17(3-5-19)18-6-8-22(35)9-7-18/h2-9,14,16,20,35H,10-13,15H2,1H3,(H2,31,36)(H,32,33). The Hall–Kier alpha value is -4.59. The largest absolute Gasteiger partial charge is 0.508 e. The predicted octanol–water partition coefficient (Wildman–Crippen LogP) is 4.37. The number of aromatic nitrogens is 2. The molecular formula is C30H28N4O4. The number of piperidine rings is 1. The zero-order valence-corrected chi connectivity index (χ0v) is 21.0. The number of rotatable bonds is 5. The van der Waals surface area contributed by atoms with Gasteiger partial charge in [-0.15, -0.1) is 0 Å². The number of H-pyrrole nitrogens is 1. The minimum Gasteiger partial charge on any atom is -0.508 e. The molecule has 1 aromatic heterocycles. The number of likely N-dealkylation sites (tertiary alicyclic amines) is 1. The van der Waals surface area contributed by atoms with Gasteiger partial charge in [0.2, 0.25) is 5.91 Å². The van der Waals surface area contributed by atoms with Crippen molar-refractivity contribution in [2.24, 2.45) is 11.7 Å². The van der Waals surface area contributed by atoms with Crippen LogP contribution in [0.1, 0.15) is 34.3 Å². The van der Waals surface area contributed by atoms with E-state index in [2.05, 4.69) is 10.2 Å². The summed E-state index contributed by atoms with van der Waals surface area (Å²) in [6.07, 6.45) is 1.82. The number of nitrogens with two attached hydrogens (primary N) is 1. The third-order valence-electron chi connectivity index (χ3n) is 7.70. The van der Waals surface area contributed by atoms with Crippen LogP contribution in [0.5, 0.6) is 11.5 Å². The Bertz CT molecular complexity index is 1530. The average Bonchev–Trinajstić information content (AvgIpc) is 3.51. The lowest BCUT2D eigenvalue weighted by atomic mass is 9.95. The van der Waals surface area contributed by atoms with Gasteiger partial charge in [0.15, 0.2) is 0 Å². The summed E-state index contributed by atoms with van der Waals surface area (Å²) in [6.45, 7) is 1.000. The maximum atomic E-state index is 13.4.